The monoisotopic (exact) mass is 270 g/mol. The summed E-state index contributed by atoms with van der Waals surface area (Å²) in [5, 5.41) is 3.37. The smallest absolute Gasteiger partial charge is 0.128 e. The molecule has 0 bridgehead atoms. The van der Waals surface area contributed by atoms with Crippen molar-refractivity contribution >= 4 is 5.69 Å². The predicted octanol–water partition coefficient (Wildman–Crippen LogP) is 2.78. The van der Waals surface area contributed by atoms with Gasteiger partial charge in [-0.3, -0.25) is 0 Å². The summed E-state index contributed by atoms with van der Waals surface area (Å²) in [5.74, 6) is 0.866. The maximum atomic E-state index is 5.53. The van der Waals surface area contributed by atoms with Gasteiger partial charge in [0, 0.05) is 18.5 Å². The third-order valence-electron chi connectivity index (χ3n) is 3.18. The van der Waals surface area contributed by atoms with E-state index in [1.54, 1.807) is 0 Å². The van der Waals surface area contributed by atoms with Crippen molar-refractivity contribution in [3.63, 3.8) is 0 Å². The Hall–Kier alpha value is -1.94. The first kappa shape index (κ1) is 14.5. The van der Waals surface area contributed by atoms with Gasteiger partial charge < -0.3 is 11.1 Å². The Labute approximate surface area is 120 Å². The summed E-state index contributed by atoms with van der Waals surface area (Å²) in [5.41, 5.74) is 9.83. The average molecular weight is 270 g/mol. The molecule has 1 heterocycles. The number of hydrogen-bond donors (Lipinski definition) is 2. The van der Waals surface area contributed by atoms with E-state index in [0.29, 0.717) is 6.54 Å². The first-order valence-corrected chi connectivity index (χ1v) is 7.11. The van der Waals surface area contributed by atoms with Crippen LogP contribution in [0.3, 0.4) is 0 Å². The molecule has 0 fully saturated rings. The fourth-order valence-corrected chi connectivity index (χ4v) is 1.97. The van der Waals surface area contributed by atoms with E-state index in [0.717, 1.165) is 42.2 Å². The number of benzene rings is 1. The van der Waals surface area contributed by atoms with Crippen molar-refractivity contribution in [3.05, 3.63) is 41.9 Å². The Bertz CT molecular complexity index is 549. The van der Waals surface area contributed by atoms with Crippen LogP contribution in [0.1, 0.15) is 24.7 Å². The van der Waals surface area contributed by atoms with Crippen LogP contribution in [0.5, 0.6) is 0 Å². The molecule has 0 saturated carbocycles. The molecule has 3 N–H and O–H groups in total. The lowest BCUT2D eigenvalue weighted by Crippen LogP contribution is -2.10. The van der Waals surface area contributed by atoms with E-state index in [2.05, 4.69) is 53.4 Å². The molecule has 0 atom stereocenters. The van der Waals surface area contributed by atoms with Crippen molar-refractivity contribution in [2.24, 2.45) is 5.73 Å². The van der Waals surface area contributed by atoms with Gasteiger partial charge in [-0.2, -0.15) is 0 Å². The summed E-state index contributed by atoms with van der Waals surface area (Å²) in [6, 6.07) is 8.41. The lowest BCUT2D eigenvalue weighted by atomic mass is 10.1. The molecule has 1 aromatic carbocycles. The summed E-state index contributed by atoms with van der Waals surface area (Å²) >= 11 is 0. The van der Waals surface area contributed by atoms with E-state index in [9.17, 15) is 0 Å². The number of aromatic nitrogens is 2. The second-order valence-electron chi connectivity index (χ2n) is 4.84. The molecule has 0 aliphatic rings. The van der Waals surface area contributed by atoms with Gasteiger partial charge in [0.2, 0.25) is 0 Å². The summed E-state index contributed by atoms with van der Waals surface area (Å²) in [6.07, 6.45) is 3.64. The van der Waals surface area contributed by atoms with Gasteiger partial charge in [-0.05, 0) is 19.9 Å². The van der Waals surface area contributed by atoms with Gasteiger partial charge in [0.15, 0.2) is 0 Å². The number of hydrogen-bond acceptors (Lipinski definition) is 4. The van der Waals surface area contributed by atoms with E-state index in [4.69, 9.17) is 5.73 Å². The molecular weight excluding hydrogens is 248 g/mol. The Balaban J connectivity index is 2.33. The van der Waals surface area contributed by atoms with Crippen molar-refractivity contribution in [3.8, 4) is 11.3 Å². The zero-order chi connectivity index (χ0) is 14.4. The number of nitrogens with one attached hydrogen (secondary N) is 1. The molecular formula is C16H22N4. The maximum Gasteiger partial charge on any atom is 0.128 e. The highest BCUT2D eigenvalue weighted by molar-refractivity contribution is 5.73. The Morgan fingerprint density at radius 2 is 1.95 bits per heavy atom. The van der Waals surface area contributed by atoms with E-state index >= 15 is 0 Å². The van der Waals surface area contributed by atoms with Gasteiger partial charge in [0.25, 0.3) is 0 Å². The summed E-state index contributed by atoms with van der Waals surface area (Å²) in [4.78, 5) is 9.04. The first-order chi connectivity index (χ1) is 9.74. The molecule has 0 spiro atoms. The van der Waals surface area contributed by atoms with Gasteiger partial charge in [-0.15, -0.1) is 0 Å². The van der Waals surface area contributed by atoms with Gasteiger partial charge >= 0.3 is 0 Å². The molecule has 4 heteroatoms. The van der Waals surface area contributed by atoms with E-state index < -0.39 is 0 Å². The van der Waals surface area contributed by atoms with E-state index in [1.807, 2.05) is 6.20 Å². The Kier molecular flexibility index (Phi) is 5.07. The maximum absolute atomic E-state index is 5.53. The van der Waals surface area contributed by atoms with Gasteiger partial charge in [-0.25, -0.2) is 9.97 Å². The zero-order valence-corrected chi connectivity index (χ0v) is 12.2. The van der Waals surface area contributed by atoms with Crippen LogP contribution in [0.15, 0.2) is 30.5 Å². The number of nitrogens with two attached hydrogens (primary N) is 1. The average Bonchev–Trinajstić information content (AvgIpc) is 2.48. The molecule has 0 unspecified atom stereocenters. The molecule has 20 heavy (non-hydrogen) atoms. The van der Waals surface area contributed by atoms with Gasteiger partial charge in [-0.1, -0.05) is 36.8 Å². The molecule has 4 nitrogen and oxygen atoms in total. The number of rotatable bonds is 6. The van der Waals surface area contributed by atoms with Crippen LogP contribution in [0.4, 0.5) is 5.69 Å². The van der Waals surface area contributed by atoms with E-state index in [1.165, 1.54) is 5.56 Å². The highest BCUT2D eigenvalue weighted by Crippen LogP contribution is 2.25. The highest BCUT2D eigenvalue weighted by Gasteiger charge is 2.08. The first-order valence-electron chi connectivity index (χ1n) is 7.11. The third kappa shape index (κ3) is 3.54. The minimum atomic E-state index is 0.681. The topological polar surface area (TPSA) is 63.8 Å². The summed E-state index contributed by atoms with van der Waals surface area (Å²) < 4.78 is 0. The third-order valence-corrected chi connectivity index (χ3v) is 3.18. The molecule has 0 aliphatic carbocycles. The fourth-order valence-electron chi connectivity index (χ4n) is 1.97. The second kappa shape index (κ2) is 7.01. The van der Waals surface area contributed by atoms with Crippen LogP contribution in [0.25, 0.3) is 11.3 Å². The van der Waals surface area contributed by atoms with Crippen molar-refractivity contribution in [2.45, 2.75) is 26.7 Å². The van der Waals surface area contributed by atoms with Crippen LogP contribution in [0, 0.1) is 6.92 Å². The minimum Gasteiger partial charge on any atom is -0.382 e. The van der Waals surface area contributed by atoms with Gasteiger partial charge in [0.05, 0.1) is 17.6 Å². The molecule has 0 radical (unpaired) electrons. The highest BCUT2D eigenvalue weighted by atomic mass is 15.0. The van der Waals surface area contributed by atoms with Gasteiger partial charge in [0.1, 0.15) is 5.82 Å². The standard InChI is InChI=1S/C16H22N4/c1-3-15-19-11-14(18-10-4-9-17)16(20-15)13-7-5-12(2)6-8-13/h5-8,11,18H,3-4,9-10,17H2,1-2H3. The fraction of sp³-hybridized carbons (Fsp3) is 0.375. The minimum absolute atomic E-state index is 0.681. The van der Waals surface area contributed by atoms with Crippen molar-refractivity contribution in [1.29, 1.82) is 0 Å². The number of nitrogens with zero attached hydrogens (tertiary/aromatic N) is 2. The summed E-state index contributed by atoms with van der Waals surface area (Å²) in [7, 11) is 0. The van der Waals surface area contributed by atoms with Crippen LogP contribution in [0.2, 0.25) is 0 Å². The largest absolute Gasteiger partial charge is 0.382 e. The van der Waals surface area contributed by atoms with Crippen LogP contribution >= 0.6 is 0 Å². The van der Waals surface area contributed by atoms with Crippen molar-refractivity contribution < 1.29 is 0 Å². The zero-order valence-electron chi connectivity index (χ0n) is 12.2. The second-order valence-corrected chi connectivity index (χ2v) is 4.84. The van der Waals surface area contributed by atoms with Crippen LogP contribution in [-0.2, 0) is 6.42 Å². The van der Waals surface area contributed by atoms with Crippen LogP contribution in [-0.4, -0.2) is 23.1 Å². The van der Waals surface area contributed by atoms with Crippen molar-refractivity contribution in [2.75, 3.05) is 18.4 Å². The predicted molar refractivity (Wildman–Crippen MR) is 83.7 cm³/mol. The number of aryl methyl sites for hydroxylation is 2. The van der Waals surface area contributed by atoms with E-state index in [-0.39, 0.29) is 0 Å². The number of anilines is 1. The van der Waals surface area contributed by atoms with Crippen LogP contribution < -0.4 is 11.1 Å². The Morgan fingerprint density at radius 3 is 2.60 bits per heavy atom. The quantitative estimate of drug-likeness (QED) is 0.792. The molecule has 2 rings (SSSR count). The van der Waals surface area contributed by atoms with Crippen molar-refractivity contribution in [1.82, 2.24) is 9.97 Å². The molecule has 0 aliphatic heterocycles. The molecule has 1 aromatic heterocycles. The molecule has 2 aromatic rings. The summed E-state index contributed by atoms with van der Waals surface area (Å²) in [6.45, 7) is 5.67. The normalized spacial score (nSPS) is 10.6. The lowest BCUT2D eigenvalue weighted by Gasteiger charge is -2.12. The lowest BCUT2D eigenvalue weighted by molar-refractivity contribution is 0.869. The molecule has 0 amide bonds. The Morgan fingerprint density at radius 1 is 1.20 bits per heavy atom. The molecule has 0 saturated heterocycles. The molecule has 106 valence electrons. The SMILES string of the molecule is CCc1ncc(NCCCN)c(-c2ccc(C)cc2)n1.